The lowest BCUT2D eigenvalue weighted by molar-refractivity contribution is -0.131. The van der Waals surface area contributed by atoms with Gasteiger partial charge in [-0.1, -0.05) is 12.1 Å². The summed E-state index contributed by atoms with van der Waals surface area (Å²) in [5, 5.41) is 9.21. The zero-order valence-electron chi connectivity index (χ0n) is 13.6. The SMILES string of the molecule is CC(=O)Oc1cccc2c1C(=O)c1c(OC(=O)Cl)cc(C(=O)O)cc1C2=O. The second-order valence-electron chi connectivity index (χ2n) is 5.47. The monoisotopic (exact) mass is 388 g/mol. The smallest absolute Gasteiger partial charge is 0.409 e. The fourth-order valence-electron chi connectivity index (χ4n) is 2.78. The zero-order chi connectivity index (χ0) is 19.9. The molecule has 136 valence electrons. The summed E-state index contributed by atoms with van der Waals surface area (Å²) in [5.74, 6) is -4.20. The minimum absolute atomic E-state index is 0.0723. The van der Waals surface area contributed by atoms with Crippen LogP contribution in [0.1, 0.15) is 49.1 Å². The van der Waals surface area contributed by atoms with Crippen molar-refractivity contribution >= 4 is 40.5 Å². The van der Waals surface area contributed by atoms with E-state index < -0.39 is 34.7 Å². The van der Waals surface area contributed by atoms with Crippen LogP contribution in [0.5, 0.6) is 11.5 Å². The highest BCUT2D eigenvalue weighted by Crippen LogP contribution is 2.38. The van der Waals surface area contributed by atoms with E-state index in [4.69, 9.17) is 21.1 Å². The largest absolute Gasteiger partial charge is 0.478 e. The predicted molar refractivity (Wildman–Crippen MR) is 89.9 cm³/mol. The molecule has 0 saturated carbocycles. The molecule has 1 aliphatic rings. The lowest BCUT2D eigenvalue weighted by Gasteiger charge is -2.21. The highest BCUT2D eigenvalue weighted by Gasteiger charge is 2.36. The molecule has 0 radical (unpaired) electrons. The number of fused-ring (bicyclic) bond motifs is 2. The second-order valence-corrected chi connectivity index (χ2v) is 5.78. The molecular weight excluding hydrogens is 380 g/mol. The number of rotatable bonds is 3. The molecule has 0 bridgehead atoms. The third-order valence-electron chi connectivity index (χ3n) is 3.76. The number of halogens is 1. The van der Waals surface area contributed by atoms with Crippen LogP contribution in [0.3, 0.4) is 0 Å². The van der Waals surface area contributed by atoms with E-state index in [2.05, 4.69) is 0 Å². The van der Waals surface area contributed by atoms with Crippen LogP contribution in [0.15, 0.2) is 30.3 Å². The van der Waals surface area contributed by atoms with Crippen molar-refractivity contribution in [2.75, 3.05) is 0 Å². The van der Waals surface area contributed by atoms with Crippen LogP contribution in [0.4, 0.5) is 4.79 Å². The van der Waals surface area contributed by atoms with Crippen molar-refractivity contribution in [2.45, 2.75) is 6.92 Å². The van der Waals surface area contributed by atoms with Crippen molar-refractivity contribution in [2.24, 2.45) is 0 Å². The molecule has 0 saturated heterocycles. The molecule has 0 amide bonds. The molecule has 0 spiro atoms. The number of ether oxygens (including phenoxy) is 2. The Balaban J connectivity index is 2.31. The topological polar surface area (TPSA) is 124 Å². The maximum absolute atomic E-state index is 13.0. The third-order valence-corrected chi connectivity index (χ3v) is 3.84. The van der Waals surface area contributed by atoms with Crippen molar-refractivity contribution in [3.05, 3.63) is 58.1 Å². The number of carboxylic acid groups (broad SMARTS) is 1. The molecule has 0 unspecified atom stereocenters. The van der Waals surface area contributed by atoms with Gasteiger partial charge in [0, 0.05) is 29.7 Å². The van der Waals surface area contributed by atoms with Crippen molar-refractivity contribution in [3.8, 4) is 11.5 Å². The highest BCUT2D eigenvalue weighted by molar-refractivity contribution is 6.61. The van der Waals surface area contributed by atoms with Gasteiger partial charge < -0.3 is 14.6 Å². The van der Waals surface area contributed by atoms with E-state index in [1.165, 1.54) is 18.2 Å². The van der Waals surface area contributed by atoms with E-state index in [9.17, 15) is 29.1 Å². The Kier molecular flexibility index (Phi) is 4.50. The van der Waals surface area contributed by atoms with Crippen LogP contribution in [0.25, 0.3) is 0 Å². The van der Waals surface area contributed by atoms with Crippen LogP contribution in [-0.4, -0.2) is 34.0 Å². The summed E-state index contributed by atoms with van der Waals surface area (Å²) in [6.45, 7) is 1.13. The minimum Gasteiger partial charge on any atom is -0.478 e. The van der Waals surface area contributed by atoms with E-state index in [1.807, 2.05) is 0 Å². The Morgan fingerprint density at radius 2 is 1.59 bits per heavy atom. The summed E-state index contributed by atoms with van der Waals surface area (Å²) in [6, 6.07) is 5.99. The van der Waals surface area contributed by atoms with Crippen molar-refractivity contribution in [1.82, 2.24) is 0 Å². The van der Waals surface area contributed by atoms with E-state index in [0.29, 0.717) is 0 Å². The number of hydrogen-bond donors (Lipinski definition) is 1. The van der Waals surface area contributed by atoms with Crippen LogP contribution in [0.2, 0.25) is 0 Å². The number of hydrogen-bond acceptors (Lipinski definition) is 7. The van der Waals surface area contributed by atoms with Gasteiger partial charge in [0.05, 0.1) is 16.7 Å². The van der Waals surface area contributed by atoms with Gasteiger partial charge >= 0.3 is 17.4 Å². The molecule has 2 aromatic carbocycles. The molecule has 0 fully saturated rings. The number of benzene rings is 2. The van der Waals surface area contributed by atoms with Crippen LogP contribution in [0, 0.1) is 0 Å². The lowest BCUT2D eigenvalue weighted by atomic mass is 9.82. The van der Waals surface area contributed by atoms with Crippen LogP contribution in [-0.2, 0) is 4.79 Å². The van der Waals surface area contributed by atoms with Gasteiger partial charge in [0.15, 0.2) is 5.78 Å². The molecule has 27 heavy (non-hydrogen) atoms. The predicted octanol–water partition coefficient (Wildman–Crippen LogP) is 2.82. The molecule has 0 atom stereocenters. The summed E-state index contributed by atoms with van der Waals surface area (Å²) in [4.78, 5) is 59.6. The van der Waals surface area contributed by atoms with Gasteiger partial charge in [-0.25, -0.2) is 9.59 Å². The summed E-state index contributed by atoms with van der Waals surface area (Å²) in [7, 11) is 0. The first kappa shape index (κ1) is 18.3. The number of ketones is 2. The minimum atomic E-state index is -1.40. The number of esters is 1. The third kappa shape index (κ3) is 3.18. The van der Waals surface area contributed by atoms with Crippen LogP contribution < -0.4 is 9.47 Å². The van der Waals surface area contributed by atoms with Gasteiger partial charge in [0.1, 0.15) is 11.5 Å². The zero-order valence-corrected chi connectivity index (χ0v) is 14.3. The summed E-state index contributed by atoms with van der Waals surface area (Å²) >= 11 is 5.20. The molecule has 0 aliphatic heterocycles. The van der Waals surface area contributed by atoms with Gasteiger partial charge in [0.25, 0.3) is 0 Å². The highest BCUT2D eigenvalue weighted by atomic mass is 35.5. The molecular formula is C18H9ClO8. The first-order valence-electron chi connectivity index (χ1n) is 7.40. The number of aromatic carboxylic acids is 1. The molecule has 2 aromatic rings. The summed E-state index contributed by atoms with van der Waals surface area (Å²) < 4.78 is 9.73. The van der Waals surface area contributed by atoms with Crippen LogP contribution >= 0.6 is 11.6 Å². The second kappa shape index (κ2) is 6.65. The standard InChI is InChI=1S/C18H9ClO8/c1-7(20)26-11-4-2-3-9-13(11)16(22)14-10(15(9)21)5-8(17(23)24)6-12(14)27-18(19)25/h2-6H,1H3,(H,23,24). The van der Waals surface area contributed by atoms with Gasteiger partial charge in [-0.3, -0.25) is 14.4 Å². The Morgan fingerprint density at radius 1 is 0.926 bits per heavy atom. The maximum Gasteiger partial charge on any atom is 0.409 e. The molecule has 1 N–H and O–H groups in total. The van der Waals surface area contributed by atoms with Gasteiger partial charge in [0.2, 0.25) is 5.78 Å². The molecule has 0 heterocycles. The van der Waals surface area contributed by atoms with Gasteiger partial charge in [-0.15, -0.1) is 0 Å². The van der Waals surface area contributed by atoms with Gasteiger partial charge in [-0.05, 0) is 18.2 Å². The quantitative estimate of drug-likeness (QED) is 0.412. The lowest BCUT2D eigenvalue weighted by Crippen LogP contribution is -2.24. The number of carbonyl (C=O) groups excluding carboxylic acids is 4. The normalized spacial score (nSPS) is 12.1. The Labute approximate surface area is 156 Å². The Bertz CT molecular complexity index is 1050. The molecule has 0 aromatic heterocycles. The first-order valence-corrected chi connectivity index (χ1v) is 7.78. The van der Waals surface area contributed by atoms with Crippen molar-refractivity contribution < 1.29 is 38.6 Å². The van der Waals surface area contributed by atoms with E-state index in [0.717, 1.165) is 19.1 Å². The van der Waals surface area contributed by atoms with Gasteiger partial charge in [-0.2, -0.15) is 0 Å². The average Bonchev–Trinajstić information content (AvgIpc) is 2.57. The number of carboxylic acids is 1. The Morgan fingerprint density at radius 3 is 2.19 bits per heavy atom. The van der Waals surface area contributed by atoms with E-state index >= 15 is 0 Å². The van der Waals surface area contributed by atoms with Crippen molar-refractivity contribution in [1.29, 1.82) is 0 Å². The average molecular weight is 389 g/mol. The molecule has 8 nitrogen and oxygen atoms in total. The Hall–Kier alpha value is -3.52. The number of carbonyl (C=O) groups is 5. The molecule has 3 rings (SSSR count). The summed E-state index contributed by atoms with van der Waals surface area (Å²) in [5.41, 5.74) is -2.56. The van der Waals surface area contributed by atoms with E-state index in [-0.39, 0.29) is 33.6 Å². The first-order chi connectivity index (χ1) is 12.7. The maximum atomic E-state index is 13.0. The fraction of sp³-hybridized carbons (Fsp3) is 0.0556. The molecule has 1 aliphatic carbocycles. The fourth-order valence-corrected chi connectivity index (χ4v) is 2.87. The van der Waals surface area contributed by atoms with Crippen molar-refractivity contribution in [3.63, 3.8) is 0 Å². The summed E-state index contributed by atoms with van der Waals surface area (Å²) in [6.07, 6.45) is 0. The van der Waals surface area contributed by atoms with E-state index in [1.54, 1.807) is 0 Å². The molecule has 9 heteroatoms.